The largest absolute Gasteiger partial charge is 0.502 e. The van der Waals surface area contributed by atoms with Crippen molar-refractivity contribution in [2.75, 3.05) is 34.2 Å². The van der Waals surface area contributed by atoms with Gasteiger partial charge in [0.2, 0.25) is 12.5 Å². The van der Waals surface area contributed by atoms with Crippen molar-refractivity contribution in [3.8, 4) is 28.7 Å². The number of benzene rings is 2. The Balaban J connectivity index is 1.16. The number of thiophene rings is 1. The molecule has 13 nitrogen and oxygen atoms in total. The molecule has 0 bridgehead atoms. The molecule has 0 spiro atoms. The van der Waals surface area contributed by atoms with Crippen LogP contribution in [0.25, 0.3) is 0 Å². The first-order valence-electron chi connectivity index (χ1n) is 14.9. The Labute approximate surface area is 267 Å². The number of hydrogen-bond donors (Lipinski definition) is 3. The standard InChI is InChI=1S/C32H32O13S/c1-37-19-6-13(7-20(38-2)25(19)33)23-14-8-17-18(42-12-41-17)9-15(14)28(16-10-39-30(36)24(16)23)44-32-27(35)26(34)29-21(43-32)11-40-31(45-29)22-4-3-5-46-22/h3-9,16,21,23-24,26-29,31-35H,10-12H2,1-2H3/t16-,21-,23+,24?,26-,27-,28-,29+,31-,32+/m1/s1. The maximum absolute atomic E-state index is 13.5. The topological polar surface area (TPSA) is 161 Å². The average molecular weight is 657 g/mol. The van der Waals surface area contributed by atoms with Gasteiger partial charge in [-0.1, -0.05) is 6.07 Å². The second kappa shape index (κ2) is 11.6. The molecule has 8 rings (SSSR count). The first kappa shape index (κ1) is 29.8. The van der Waals surface area contributed by atoms with Crippen molar-refractivity contribution in [1.82, 2.24) is 0 Å². The molecule has 46 heavy (non-hydrogen) atoms. The molecule has 0 saturated carbocycles. The molecule has 3 aromatic rings. The molecule has 1 aromatic heterocycles. The highest BCUT2D eigenvalue weighted by molar-refractivity contribution is 7.10. The SMILES string of the molecule is COc1cc([C@H]2c3cc4c(cc3[C@@H](O[C@@H]3O[C@@H]5CO[C@@H](c6cccs6)O[C@@H]5[C@H](O)[C@H]3O)[C@@H]3COC(=O)C23)OCO4)cc(OC)c1O. The monoisotopic (exact) mass is 656 g/mol. The maximum atomic E-state index is 13.5. The highest BCUT2D eigenvalue weighted by Crippen LogP contribution is 2.57. The van der Waals surface area contributed by atoms with E-state index < -0.39 is 66.8 Å². The molecule has 1 aliphatic carbocycles. The van der Waals surface area contributed by atoms with Crippen LogP contribution in [0.5, 0.6) is 28.7 Å². The number of ether oxygens (including phenoxy) is 9. The smallest absolute Gasteiger partial charge is 0.310 e. The van der Waals surface area contributed by atoms with Crippen molar-refractivity contribution in [3.63, 3.8) is 0 Å². The second-order valence-electron chi connectivity index (χ2n) is 11.8. The van der Waals surface area contributed by atoms with Crippen LogP contribution >= 0.6 is 11.3 Å². The minimum Gasteiger partial charge on any atom is -0.502 e. The van der Waals surface area contributed by atoms with E-state index in [2.05, 4.69) is 0 Å². The Bertz CT molecular complexity index is 1600. The molecule has 5 heterocycles. The van der Waals surface area contributed by atoms with Crippen molar-refractivity contribution in [2.24, 2.45) is 11.8 Å². The van der Waals surface area contributed by atoms with Gasteiger partial charge in [-0.25, -0.2) is 0 Å². The minimum atomic E-state index is -1.47. The van der Waals surface area contributed by atoms with Gasteiger partial charge in [-0.15, -0.1) is 11.3 Å². The van der Waals surface area contributed by atoms with Crippen LogP contribution in [0.15, 0.2) is 41.8 Å². The number of hydrogen-bond acceptors (Lipinski definition) is 14. The maximum Gasteiger partial charge on any atom is 0.310 e. The van der Waals surface area contributed by atoms with Gasteiger partial charge >= 0.3 is 5.97 Å². The molecule has 3 fully saturated rings. The molecule has 2 aromatic carbocycles. The Morgan fingerprint density at radius 3 is 2.35 bits per heavy atom. The van der Waals surface area contributed by atoms with E-state index >= 15 is 0 Å². The summed E-state index contributed by atoms with van der Waals surface area (Å²) in [4.78, 5) is 14.3. The number of cyclic esters (lactones) is 1. The minimum absolute atomic E-state index is 0.0242. The lowest BCUT2D eigenvalue weighted by atomic mass is 9.66. The van der Waals surface area contributed by atoms with Crippen LogP contribution in [-0.2, 0) is 28.5 Å². The quantitative estimate of drug-likeness (QED) is 0.333. The highest BCUT2D eigenvalue weighted by Gasteiger charge is 2.56. The summed E-state index contributed by atoms with van der Waals surface area (Å²) in [5.41, 5.74) is 2.00. The van der Waals surface area contributed by atoms with Crippen molar-refractivity contribution >= 4 is 17.3 Å². The Kier molecular flexibility index (Phi) is 7.48. The molecular weight excluding hydrogens is 624 g/mol. The third kappa shape index (κ3) is 4.70. The van der Waals surface area contributed by atoms with Gasteiger partial charge in [0, 0.05) is 11.8 Å². The fraction of sp³-hybridized carbons (Fsp3) is 0.469. The molecule has 0 radical (unpaired) electrons. The average Bonchev–Trinajstić information content (AvgIpc) is 3.85. The van der Waals surface area contributed by atoms with Crippen LogP contribution in [0.3, 0.4) is 0 Å². The summed E-state index contributed by atoms with van der Waals surface area (Å²) >= 11 is 1.46. The lowest BCUT2D eigenvalue weighted by molar-refractivity contribution is -0.368. The van der Waals surface area contributed by atoms with E-state index in [-0.39, 0.29) is 37.3 Å². The molecule has 3 saturated heterocycles. The fourth-order valence-corrected chi connectivity index (χ4v) is 7.89. The van der Waals surface area contributed by atoms with Gasteiger partial charge in [0.1, 0.15) is 24.4 Å². The molecule has 5 aliphatic rings. The molecule has 244 valence electrons. The van der Waals surface area contributed by atoms with E-state index in [0.717, 1.165) is 4.88 Å². The summed E-state index contributed by atoms with van der Waals surface area (Å²) in [7, 11) is 2.86. The number of carbonyl (C=O) groups is 1. The normalized spacial score (nSPS) is 34.3. The number of phenols is 1. The van der Waals surface area contributed by atoms with E-state index in [1.165, 1.54) is 25.6 Å². The summed E-state index contributed by atoms with van der Waals surface area (Å²) in [5, 5.41) is 35.0. The number of esters is 1. The van der Waals surface area contributed by atoms with Crippen LogP contribution < -0.4 is 18.9 Å². The van der Waals surface area contributed by atoms with Gasteiger partial charge in [-0.3, -0.25) is 4.79 Å². The fourth-order valence-electron chi connectivity index (χ4n) is 7.18. The molecule has 4 aliphatic heterocycles. The number of phenolic OH excluding ortho intramolecular Hbond substituents is 1. The second-order valence-corrected chi connectivity index (χ2v) is 12.7. The lowest BCUT2D eigenvalue weighted by Gasteiger charge is -2.48. The number of carbonyl (C=O) groups excluding carboxylic acids is 1. The van der Waals surface area contributed by atoms with Gasteiger partial charge in [-0.2, -0.15) is 0 Å². The predicted molar refractivity (Wildman–Crippen MR) is 156 cm³/mol. The summed E-state index contributed by atoms with van der Waals surface area (Å²) in [6.45, 7) is 0.171. The Hall–Kier alpha value is -3.63. The van der Waals surface area contributed by atoms with Crippen molar-refractivity contribution in [2.45, 2.75) is 49.0 Å². The van der Waals surface area contributed by atoms with Crippen LogP contribution in [0.1, 0.15) is 39.9 Å². The van der Waals surface area contributed by atoms with Crippen molar-refractivity contribution in [1.29, 1.82) is 0 Å². The van der Waals surface area contributed by atoms with Gasteiger partial charge in [0.05, 0.1) is 44.3 Å². The summed E-state index contributed by atoms with van der Waals surface area (Å²) < 4.78 is 52.6. The van der Waals surface area contributed by atoms with Gasteiger partial charge in [0.15, 0.2) is 35.6 Å². The van der Waals surface area contributed by atoms with E-state index in [1.807, 2.05) is 23.6 Å². The van der Waals surface area contributed by atoms with Gasteiger partial charge in [0.25, 0.3) is 0 Å². The van der Waals surface area contributed by atoms with Gasteiger partial charge in [-0.05, 0) is 52.4 Å². The van der Waals surface area contributed by atoms with Crippen LogP contribution in [0, 0.1) is 11.8 Å². The third-order valence-corrected chi connectivity index (χ3v) is 10.3. The van der Waals surface area contributed by atoms with E-state index in [1.54, 1.807) is 18.2 Å². The zero-order valence-electron chi connectivity index (χ0n) is 24.8. The van der Waals surface area contributed by atoms with Crippen molar-refractivity contribution < 1.29 is 62.7 Å². The van der Waals surface area contributed by atoms with E-state index in [4.69, 9.17) is 42.6 Å². The van der Waals surface area contributed by atoms with Crippen LogP contribution in [0.4, 0.5) is 0 Å². The zero-order chi connectivity index (χ0) is 31.7. The first-order valence-corrected chi connectivity index (χ1v) is 15.8. The van der Waals surface area contributed by atoms with Crippen molar-refractivity contribution in [3.05, 3.63) is 63.3 Å². The Morgan fingerprint density at radius 2 is 1.65 bits per heavy atom. The van der Waals surface area contributed by atoms with Crippen LogP contribution in [0.2, 0.25) is 0 Å². The number of aliphatic hydroxyl groups excluding tert-OH is 2. The molecule has 3 N–H and O–H groups in total. The number of aliphatic hydroxyl groups is 2. The van der Waals surface area contributed by atoms with E-state index in [0.29, 0.717) is 28.2 Å². The number of methoxy groups -OCH3 is 2. The molecule has 1 unspecified atom stereocenters. The number of aromatic hydroxyl groups is 1. The van der Waals surface area contributed by atoms with Crippen LogP contribution in [-0.4, -0.2) is 86.2 Å². The molecule has 14 heteroatoms. The summed E-state index contributed by atoms with van der Waals surface area (Å²) in [6.07, 6.45) is -7.16. The van der Waals surface area contributed by atoms with E-state index in [9.17, 15) is 20.1 Å². The molecule has 0 amide bonds. The zero-order valence-corrected chi connectivity index (χ0v) is 25.6. The summed E-state index contributed by atoms with van der Waals surface area (Å²) in [6, 6.07) is 10.7. The summed E-state index contributed by atoms with van der Waals surface area (Å²) in [5.74, 6) is -1.08. The first-order chi connectivity index (χ1) is 22.4. The molecule has 10 atom stereocenters. The Morgan fingerprint density at radius 1 is 0.913 bits per heavy atom. The highest BCUT2D eigenvalue weighted by atomic mass is 32.1. The molecular formula is C32H32O13S. The lowest BCUT2D eigenvalue weighted by Crippen LogP contribution is -2.62. The number of fused-ring (bicyclic) bond motifs is 4. The van der Waals surface area contributed by atoms with Gasteiger partial charge < -0.3 is 58.0 Å². The third-order valence-electron chi connectivity index (χ3n) is 9.37. The predicted octanol–water partition coefficient (Wildman–Crippen LogP) is 2.75. The number of rotatable bonds is 6.